The number of fused-ring (bicyclic) bond motifs is 2. The van der Waals surface area contributed by atoms with Crippen LogP contribution in [-0.2, 0) is 9.53 Å². The number of rotatable bonds is 0. The molecule has 0 spiro atoms. The number of carbonyl (C=O) groups excluding carboxylic acids is 1. The van der Waals surface area contributed by atoms with Crippen LogP contribution in [0.5, 0.6) is 0 Å². The first-order chi connectivity index (χ1) is 8.79. The number of carbonyl (C=O) groups is 1. The topological polar surface area (TPSA) is 46.5 Å². The molecule has 4 unspecified atom stereocenters. The van der Waals surface area contributed by atoms with Crippen molar-refractivity contribution < 1.29 is 14.6 Å². The summed E-state index contributed by atoms with van der Waals surface area (Å²) in [5, 5.41) is 10.0. The van der Waals surface area contributed by atoms with E-state index in [4.69, 9.17) is 16.3 Å². The normalized spacial score (nSPS) is 44.7. The molecule has 2 aliphatic carbocycles. The Kier molecular flexibility index (Phi) is 2.82. The molecule has 19 heavy (non-hydrogen) atoms. The quantitative estimate of drug-likeness (QED) is 0.549. The largest absolute Gasteiger partial charge is 0.458 e. The van der Waals surface area contributed by atoms with E-state index in [1.807, 2.05) is 0 Å². The Hall–Kier alpha value is -0.540. The molecule has 3 nitrogen and oxygen atoms in total. The zero-order chi connectivity index (χ0) is 14.0. The third-order valence-electron chi connectivity index (χ3n) is 5.54. The van der Waals surface area contributed by atoms with Gasteiger partial charge in [0.1, 0.15) is 6.61 Å². The summed E-state index contributed by atoms with van der Waals surface area (Å²) in [4.78, 5) is 11.9. The second kappa shape index (κ2) is 3.98. The van der Waals surface area contributed by atoms with Crippen molar-refractivity contribution in [2.24, 2.45) is 16.7 Å². The summed E-state index contributed by atoms with van der Waals surface area (Å²) >= 11 is 6.36. The lowest BCUT2D eigenvalue weighted by atomic mass is 9.49. The van der Waals surface area contributed by atoms with Crippen LogP contribution in [0.2, 0.25) is 0 Å². The minimum Gasteiger partial charge on any atom is -0.458 e. The highest BCUT2D eigenvalue weighted by molar-refractivity contribution is 6.26. The van der Waals surface area contributed by atoms with Gasteiger partial charge in [0.2, 0.25) is 0 Å². The van der Waals surface area contributed by atoms with Gasteiger partial charge < -0.3 is 9.84 Å². The molecular weight excluding hydrogens is 264 g/mol. The number of esters is 1. The minimum absolute atomic E-state index is 0.0315. The Morgan fingerprint density at radius 3 is 2.68 bits per heavy atom. The van der Waals surface area contributed by atoms with E-state index in [0.717, 1.165) is 24.8 Å². The molecule has 1 aliphatic heterocycles. The predicted octanol–water partition coefficient (Wildman–Crippen LogP) is 2.65. The van der Waals surface area contributed by atoms with Crippen molar-refractivity contribution in [3.63, 3.8) is 0 Å². The van der Waals surface area contributed by atoms with E-state index in [0.29, 0.717) is 12.2 Å². The predicted molar refractivity (Wildman–Crippen MR) is 72.9 cm³/mol. The fraction of sp³-hybridized carbons (Fsp3) is 0.800. The van der Waals surface area contributed by atoms with Crippen LogP contribution in [0.15, 0.2) is 11.1 Å². The molecule has 0 amide bonds. The van der Waals surface area contributed by atoms with E-state index in [1.165, 1.54) is 0 Å². The van der Waals surface area contributed by atoms with E-state index < -0.39 is 11.5 Å². The summed E-state index contributed by atoms with van der Waals surface area (Å²) < 4.78 is 5.19. The van der Waals surface area contributed by atoms with Gasteiger partial charge in [0, 0.05) is 5.92 Å². The lowest BCUT2D eigenvalue weighted by Gasteiger charge is -2.56. The molecular formula is C15H21ClO3. The van der Waals surface area contributed by atoms with Crippen molar-refractivity contribution in [1.29, 1.82) is 0 Å². The van der Waals surface area contributed by atoms with Crippen molar-refractivity contribution >= 4 is 17.6 Å². The number of halogens is 1. The first-order valence-corrected chi connectivity index (χ1v) is 7.45. The maximum Gasteiger partial charge on any atom is 0.336 e. The Balaban J connectivity index is 2.17. The number of hydrogen-bond donors (Lipinski definition) is 1. The summed E-state index contributed by atoms with van der Waals surface area (Å²) in [6, 6.07) is 0. The molecule has 1 saturated carbocycles. The second-order valence-electron chi connectivity index (χ2n) is 7.10. The van der Waals surface area contributed by atoms with Crippen LogP contribution in [0.25, 0.3) is 0 Å². The van der Waals surface area contributed by atoms with Gasteiger partial charge in [0.05, 0.1) is 17.1 Å². The highest BCUT2D eigenvalue weighted by atomic mass is 35.5. The van der Waals surface area contributed by atoms with Gasteiger partial charge >= 0.3 is 5.97 Å². The van der Waals surface area contributed by atoms with Gasteiger partial charge in [-0.05, 0) is 29.2 Å². The lowest BCUT2D eigenvalue weighted by Crippen LogP contribution is -2.55. The summed E-state index contributed by atoms with van der Waals surface area (Å²) in [6.45, 7) is 6.92. The molecule has 3 rings (SSSR count). The van der Waals surface area contributed by atoms with Crippen LogP contribution in [0.1, 0.15) is 40.0 Å². The number of hydrogen-bond acceptors (Lipinski definition) is 3. The maximum absolute atomic E-state index is 11.9. The molecule has 4 atom stereocenters. The zero-order valence-electron chi connectivity index (χ0n) is 11.7. The third kappa shape index (κ3) is 1.64. The number of aliphatic hydroxyl groups is 1. The van der Waals surface area contributed by atoms with Crippen molar-refractivity contribution in [1.82, 2.24) is 0 Å². The van der Waals surface area contributed by atoms with Gasteiger partial charge in [-0.25, -0.2) is 4.79 Å². The smallest absolute Gasteiger partial charge is 0.336 e. The molecule has 0 saturated heterocycles. The van der Waals surface area contributed by atoms with Gasteiger partial charge in [-0.15, -0.1) is 11.6 Å². The minimum atomic E-state index is -0.675. The first-order valence-electron chi connectivity index (χ1n) is 7.02. The molecule has 3 aliphatic rings. The van der Waals surface area contributed by atoms with Crippen LogP contribution in [0, 0.1) is 16.7 Å². The van der Waals surface area contributed by atoms with E-state index in [-0.39, 0.29) is 22.7 Å². The van der Waals surface area contributed by atoms with Crippen molar-refractivity contribution in [3.05, 3.63) is 11.1 Å². The first kappa shape index (κ1) is 13.4. The standard InChI is InChI=1S/C15H21ClO3/c1-14(2)5-4-6-15(3)8-7-19-13(18)9(8)10(16)11(17)12(14)15/h10-12,17H,4-7H2,1-3H3. The fourth-order valence-electron chi connectivity index (χ4n) is 4.77. The molecule has 1 N–H and O–H groups in total. The van der Waals surface area contributed by atoms with Crippen molar-refractivity contribution in [2.45, 2.75) is 51.5 Å². The molecule has 1 heterocycles. The monoisotopic (exact) mass is 284 g/mol. The van der Waals surface area contributed by atoms with Gasteiger partial charge in [-0.1, -0.05) is 27.2 Å². The SMILES string of the molecule is CC1(C)CCCC2(C)C3=C(C(=O)OC3)C(Cl)C(O)C12. The highest BCUT2D eigenvalue weighted by Crippen LogP contribution is 2.61. The van der Waals surface area contributed by atoms with Crippen LogP contribution in [0.3, 0.4) is 0 Å². The summed E-state index contributed by atoms with van der Waals surface area (Å²) in [6.07, 6.45) is 2.53. The van der Waals surface area contributed by atoms with Crippen LogP contribution >= 0.6 is 11.6 Å². The molecule has 4 heteroatoms. The number of aliphatic hydroxyl groups excluding tert-OH is 1. The van der Waals surface area contributed by atoms with E-state index in [1.54, 1.807) is 0 Å². The van der Waals surface area contributed by atoms with Crippen LogP contribution < -0.4 is 0 Å². The molecule has 0 bridgehead atoms. The second-order valence-corrected chi connectivity index (χ2v) is 7.57. The third-order valence-corrected chi connectivity index (χ3v) is 6.02. The Bertz CT molecular complexity index is 468. The molecule has 0 aromatic rings. The number of alkyl halides is 1. The maximum atomic E-state index is 11.9. The van der Waals surface area contributed by atoms with Gasteiger partial charge in [-0.2, -0.15) is 0 Å². The molecule has 0 radical (unpaired) electrons. The van der Waals surface area contributed by atoms with Gasteiger partial charge in [0.25, 0.3) is 0 Å². The lowest BCUT2D eigenvalue weighted by molar-refractivity contribution is -0.136. The fourth-order valence-corrected chi connectivity index (χ4v) is 5.14. The Morgan fingerprint density at radius 1 is 1.32 bits per heavy atom. The highest BCUT2D eigenvalue weighted by Gasteiger charge is 2.59. The molecule has 106 valence electrons. The Morgan fingerprint density at radius 2 is 2.00 bits per heavy atom. The van der Waals surface area contributed by atoms with Gasteiger partial charge in [0.15, 0.2) is 0 Å². The van der Waals surface area contributed by atoms with E-state index in [2.05, 4.69) is 20.8 Å². The average molecular weight is 285 g/mol. The summed E-state index contributed by atoms with van der Waals surface area (Å²) in [7, 11) is 0. The van der Waals surface area contributed by atoms with E-state index >= 15 is 0 Å². The van der Waals surface area contributed by atoms with Crippen LogP contribution in [-0.4, -0.2) is 29.2 Å². The average Bonchev–Trinajstić information content (AvgIpc) is 2.68. The summed E-state index contributed by atoms with van der Waals surface area (Å²) in [5.74, 6) is -0.249. The number of ether oxygens (including phenoxy) is 1. The molecule has 1 fully saturated rings. The molecule has 0 aromatic heterocycles. The van der Waals surface area contributed by atoms with Crippen LogP contribution in [0.4, 0.5) is 0 Å². The van der Waals surface area contributed by atoms with Gasteiger partial charge in [-0.3, -0.25) is 0 Å². The summed E-state index contributed by atoms with van der Waals surface area (Å²) in [5.41, 5.74) is 1.45. The van der Waals surface area contributed by atoms with Crippen molar-refractivity contribution in [2.75, 3.05) is 6.61 Å². The Labute approximate surface area is 119 Å². The zero-order valence-corrected chi connectivity index (χ0v) is 12.5. The number of cyclic esters (lactones) is 1. The van der Waals surface area contributed by atoms with Crippen molar-refractivity contribution in [3.8, 4) is 0 Å². The van der Waals surface area contributed by atoms with E-state index in [9.17, 15) is 9.90 Å². The molecule has 0 aromatic carbocycles.